The number of hydrogen-bond donors (Lipinski definition) is 1. The van der Waals surface area contributed by atoms with Crippen LogP contribution in [0.5, 0.6) is 0 Å². The zero-order valence-corrected chi connectivity index (χ0v) is 13.5. The van der Waals surface area contributed by atoms with Gasteiger partial charge in [0.2, 0.25) is 0 Å². The van der Waals surface area contributed by atoms with Gasteiger partial charge in [0.15, 0.2) is 0 Å². The molecule has 1 saturated carbocycles. The molecule has 2 atom stereocenters. The Hall–Kier alpha value is -0.0800. The highest BCUT2D eigenvalue weighted by Crippen LogP contribution is 2.56. The van der Waals surface area contributed by atoms with Crippen LogP contribution in [0, 0.1) is 23.2 Å². The zero-order valence-electron chi connectivity index (χ0n) is 13.5. The fourth-order valence-electron chi connectivity index (χ4n) is 3.47. The molecule has 2 nitrogen and oxygen atoms in total. The minimum atomic E-state index is 0.165. The molecule has 2 unspecified atom stereocenters. The molecular weight excluding hydrogens is 222 g/mol. The summed E-state index contributed by atoms with van der Waals surface area (Å²) in [6.45, 7) is 16.0. The predicted molar refractivity (Wildman–Crippen MR) is 78.8 cm³/mol. The summed E-state index contributed by atoms with van der Waals surface area (Å²) in [5, 5.41) is 3.17. The van der Waals surface area contributed by atoms with Gasteiger partial charge in [-0.05, 0) is 43.1 Å². The molecule has 0 saturated heterocycles. The van der Waals surface area contributed by atoms with E-state index in [1.807, 2.05) is 7.05 Å². The quantitative estimate of drug-likeness (QED) is 0.700. The SMILES string of the molecule is CNCCOC1(C(C(C)C(C)C)C(C)(C)C)CC1. The van der Waals surface area contributed by atoms with E-state index >= 15 is 0 Å². The molecule has 0 bridgehead atoms. The van der Waals surface area contributed by atoms with Crippen molar-refractivity contribution < 1.29 is 4.74 Å². The molecule has 0 aromatic heterocycles. The van der Waals surface area contributed by atoms with Crippen LogP contribution in [0.4, 0.5) is 0 Å². The van der Waals surface area contributed by atoms with Crippen LogP contribution in [0.25, 0.3) is 0 Å². The Morgan fingerprint density at radius 2 is 1.72 bits per heavy atom. The predicted octanol–water partition coefficient (Wildman–Crippen LogP) is 3.71. The number of ether oxygens (including phenoxy) is 1. The van der Waals surface area contributed by atoms with Gasteiger partial charge in [-0.2, -0.15) is 0 Å². The van der Waals surface area contributed by atoms with Gasteiger partial charge in [0.05, 0.1) is 12.2 Å². The summed E-state index contributed by atoms with van der Waals surface area (Å²) >= 11 is 0. The van der Waals surface area contributed by atoms with Crippen molar-refractivity contribution in [3.05, 3.63) is 0 Å². The van der Waals surface area contributed by atoms with E-state index in [1.54, 1.807) is 0 Å². The number of nitrogens with one attached hydrogen (secondary N) is 1. The van der Waals surface area contributed by atoms with Gasteiger partial charge in [0, 0.05) is 6.54 Å². The van der Waals surface area contributed by atoms with Crippen LogP contribution < -0.4 is 5.32 Å². The van der Waals surface area contributed by atoms with Gasteiger partial charge < -0.3 is 10.1 Å². The monoisotopic (exact) mass is 255 g/mol. The van der Waals surface area contributed by atoms with Crippen LogP contribution in [0.15, 0.2) is 0 Å². The third-order valence-corrected chi connectivity index (χ3v) is 4.56. The third kappa shape index (κ3) is 3.71. The summed E-state index contributed by atoms with van der Waals surface area (Å²) in [6, 6.07) is 0. The molecule has 0 amide bonds. The first kappa shape index (κ1) is 16.0. The molecule has 1 rings (SSSR count). The molecule has 18 heavy (non-hydrogen) atoms. The van der Waals surface area contributed by atoms with Crippen LogP contribution in [0.3, 0.4) is 0 Å². The summed E-state index contributed by atoms with van der Waals surface area (Å²) in [4.78, 5) is 0. The van der Waals surface area contributed by atoms with Crippen LogP contribution in [0.1, 0.15) is 54.4 Å². The van der Waals surface area contributed by atoms with Crippen molar-refractivity contribution in [2.24, 2.45) is 23.2 Å². The van der Waals surface area contributed by atoms with E-state index in [4.69, 9.17) is 4.74 Å². The van der Waals surface area contributed by atoms with E-state index in [1.165, 1.54) is 12.8 Å². The van der Waals surface area contributed by atoms with Crippen molar-refractivity contribution in [2.75, 3.05) is 20.2 Å². The number of likely N-dealkylation sites (N-methyl/N-ethyl adjacent to an activating group) is 1. The van der Waals surface area contributed by atoms with Gasteiger partial charge >= 0.3 is 0 Å². The minimum absolute atomic E-state index is 0.165. The molecular formula is C16H33NO. The van der Waals surface area contributed by atoms with Crippen molar-refractivity contribution in [2.45, 2.75) is 60.0 Å². The van der Waals surface area contributed by atoms with Gasteiger partial charge in [-0.15, -0.1) is 0 Å². The van der Waals surface area contributed by atoms with E-state index in [-0.39, 0.29) is 5.60 Å². The van der Waals surface area contributed by atoms with Crippen molar-refractivity contribution in [1.29, 1.82) is 0 Å². The molecule has 0 aromatic rings. The lowest BCUT2D eigenvalue weighted by Crippen LogP contribution is -2.42. The Morgan fingerprint density at radius 3 is 2.06 bits per heavy atom. The molecule has 1 aliphatic rings. The van der Waals surface area contributed by atoms with Crippen molar-refractivity contribution in [1.82, 2.24) is 5.32 Å². The van der Waals surface area contributed by atoms with Gasteiger partial charge in [0.25, 0.3) is 0 Å². The maximum atomic E-state index is 6.28. The molecule has 1 fully saturated rings. The Bertz CT molecular complexity index is 250. The lowest BCUT2D eigenvalue weighted by molar-refractivity contribution is -0.0729. The fraction of sp³-hybridized carbons (Fsp3) is 1.00. The van der Waals surface area contributed by atoms with Crippen LogP contribution in [-0.2, 0) is 4.74 Å². The largest absolute Gasteiger partial charge is 0.373 e. The van der Waals surface area contributed by atoms with Crippen molar-refractivity contribution in [3.8, 4) is 0 Å². The molecule has 108 valence electrons. The van der Waals surface area contributed by atoms with Gasteiger partial charge in [-0.3, -0.25) is 0 Å². The van der Waals surface area contributed by atoms with Crippen LogP contribution in [0.2, 0.25) is 0 Å². The van der Waals surface area contributed by atoms with Crippen LogP contribution in [-0.4, -0.2) is 25.8 Å². The van der Waals surface area contributed by atoms with Crippen LogP contribution >= 0.6 is 0 Å². The van der Waals surface area contributed by atoms with Gasteiger partial charge in [-0.1, -0.05) is 41.5 Å². The maximum Gasteiger partial charge on any atom is 0.0721 e. The average Bonchev–Trinajstić information content (AvgIpc) is 2.97. The smallest absolute Gasteiger partial charge is 0.0721 e. The topological polar surface area (TPSA) is 21.3 Å². The van der Waals surface area contributed by atoms with Crippen molar-refractivity contribution in [3.63, 3.8) is 0 Å². The first-order valence-electron chi connectivity index (χ1n) is 7.53. The molecule has 0 radical (unpaired) electrons. The molecule has 1 N–H and O–H groups in total. The summed E-state index contributed by atoms with van der Waals surface area (Å²) in [5.74, 6) is 2.09. The van der Waals surface area contributed by atoms with E-state index in [0.29, 0.717) is 17.3 Å². The minimum Gasteiger partial charge on any atom is -0.373 e. The summed E-state index contributed by atoms with van der Waals surface area (Å²) in [7, 11) is 1.99. The molecule has 0 aliphatic heterocycles. The number of rotatable bonds is 7. The van der Waals surface area contributed by atoms with Gasteiger partial charge in [0.1, 0.15) is 0 Å². The van der Waals surface area contributed by atoms with Gasteiger partial charge in [-0.25, -0.2) is 0 Å². The number of hydrogen-bond acceptors (Lipinski definition) is 2. The Morgan fingerprint density at radius 1 is 1.17 bits per heavy atom. The highest BCUT2D eigenvalue weighted by molar-refractivity contribution is 5.06. The van der Waals surface area contributed by atoms with E-state index in [2.05, 4.69) is 46.9 Å². The molecule has 2 heteroatoms. The van der Waals surface area contributed by atoms with E-state index in [0.717, 1.165) is 19.1 Å². The first-order valence-corrected chi connectivity index (χ1v) is 7.53. The molecule has 1 aliphatic carbocycles. The Kier molecular flexibility index (Phi) is 5.25. The third-order valence-electron chi connectivity index (χ3n) is 4.56. The average molecular weight is 255 g/mol. The molecule has 0 spiro atoms. The highest BCUT2D eigenvalue weighted by atomic mass is 16.5. The van der Waals surface area contributed by atoms with Crippen molar-refractivity contribution >= 4 is 0 Å². The highest BCUT2D eigenvalue weighted by Gasteiger charge is 2.56. The Balaban J connectivity index is 2.77. The molecule has 0 aromatic carbocycles. The Labute approximate surface area is 114 Å². The second-order valence-electron chi connectivity index (χ2n) is 7.46. The lowest BCUT2D eigenvalue weighted by Gasteiger charge is -2.43. The maximum absolute atomic E-state index is 6.28. The second-order valence-corrected chi connectivity index (χ2v) is 7.46. The molecule has 0 heterocycles. The summed E-state index contributed by atoms with van der Waals surface area (Å²) in [5.41, 5.74) is 0.485. The first-order chi connectivity index (χ1) is 8.24. The normalized spacial score (nSPS) is 22.0. The summed E-state index contributed by atoms with van der Waals surface area (Å²) in [6.07, 6.45) is 2.49. The second kappa shape index (κ2) is 5.92. The lowest BCUT2D eigenvalue weighted by atomic mass is 9.66. The van der Waals surface area contributed by atoms with E-state index in [9.17, 15) is 0 Å². The fourth-order valence-corrected chi connectivity index (χ4v) is 3.47. The van der Waals surface area contributed by atoms with E-state index < -0.39 is 0 Å². The summed E-state index contributed by atoms with van der Waals surface area (Å²) < 4.78 is 6.28. The zero-order chi connectivity index (χ0) is 14.0. The standard InChI is InChI=1S/C16H33NO/c1-12(2)13(3)14(15(4,5)6)16(8-9-16)18-11-10-17-7/h12-14,17H,8-11H2,1-7H3.